The normalized spacial score (nSPS) is 11.2. The van der Waals surface area contributed by atoms with Crippen LogP contribution in [-0.4, -0.2) is 42.6 Å². The first-order valence-corrected chi connectivity index (χ1v) is 7.48. The minimum absolute atomic E-state index is 0.00260. The Morgan fingerprint density at radius 2 is 1.92 bits per heavy atom. The molecule has 2 rings (SSSR count). The zero-order valence-electron chi connectivity index (χ0n) is 13.5. The lowest BCUT2D eigenvalue weighted by Crippen LogP contribution is -2.43. The van der Waals surface area contributed by atoms with Crippen LogP contribution >= 0.6 is 0 Å². The number of aliphatic carboxylic acids is 1. The second-order valence-corrected chi connectivity index (χ2v) is 5.91. The molecule has 0 aliphatic rings. The molecule has 128 valence electrons. The van der Waals surface area contributed by atoms with Gasteiger partial charge in [0.15, 0.2) is 0 Å². The molecule has 0 atom stereocenters. The number of amides is 1. The van der Waals surface area contributed by atoms with Crippen molar-refractivity contribution in [3.63, 3.8) is 0 Å². The molecular weight excluding hydrogens is 314 g/mol. The zero-order valence-corrected chi connectivity index (χ0v) is 13.5. The predicted molar refractivity (Wildman–Crippen MR) is 82.7 cm³/mol. The van der Waals surface area contributed by atoms with E-state index in [0.717, 1.165) is 0 Å². The van der Waals surface area contributed by atoms with E-state index in [-0.39, 0.29) is 31.0 Å². The van der Waals surface area contributed by atoms with Gasteiger partial charge in [0.05, 0.1) is 0 Å². The van der Waals surface area contributed by atoms with Gasteiger partial charge in [-0.05, 0) is 26.3 Å². The topological polar surface area (TPSA) is 131 Å². The Bertz CT molecular complexity index is 699. The molecule has 0 fully saturated rings. The summed E-state index contributed by atoms with van der Waals surface area (Å²) >= 11 is 0. The lowest BCUT2D eigenvalue weighted by molar-refractivity contribution is -0.137. The quantitative estimate of drug-likeness (QED) is 0.737. The van der Waals surface area contributed by atoms with Crippen LogP contribution in [-0.2, 0) is 16.0 Å². The van der Waals surface area contributed by atoms with Crippen LogP contribution in [0.4, 0.5) is 0 Å². The molecular formula is C15H19N5O4. The van der Waals surface area contributed by atoms with E-state index < -0.39 is 11.5 Å². The van der Waals surface area contributed by atoms with Crippen molar-refractivity contribution in [1.82, 2.24) is 25.4 Å². The van der Waals surface area contributed by atoms with Gasteiger partial charge >= 0.3 is 5.97 Å². The second-order valence-electron chi connectivity index (χ2n) is 5.91. The fourth-order valence-electron chi connectivity index (χ4n) is 2.00. The van der Waals surface area contributed by atoms with Crippen LogP contribution < -0.4 is 5.32 Å². The van der Waals surface area contributed by atoms with Crippen LogP contribution in [0, 0.1) is 0 Å². The van der Waals surface area contributed by atoms with Gasteiger partial charge in [-0.2, -0.15) is 4.98 Å². The van der Waals surface area contributed by atoms with Crippen molar-refractivity contribution in [3.8, 4) is 11.6 Å². The monoisotopic (exact) mass is 333 g/mol. The van der Waals surface area contributed by atoms with E-state index in [1.807, 2.05) is 0 Å². The third-order valence-electron chi connectivity index (χ3n) is 3.24. The minimum Gasteiger partial charge on any atom is -0.481 e. The third kappa shape index (κ3) is 5.41. The Hall–Kier alpha value is -2.84. The summed E-state index contributed by atoms with van der Waals surface area (Å²) in [5.41, 5.74) is -0.590. The van der Waals surface area contributed by atoms with Gasteiger partial charge in [-0.15, -0.1) is 0 Å². The first-order chi connectivity index (χ1) is 11.4. The van der Waals surface area contributed by atoms with E-state index in [1.165, 1.54) is 0 Å². The molecule has 0 aliphatic heterocycles. The van der Waals surface area contributed by atoms with Crippen LogP contribution in [0.3, 0.4) is 0 Å². The highest BCUT2D eigenvalue weighted by Gasteiger charge is 2.22. The number of hydrogen-bond acceptors (Lipinski definition) is 7. The molecule has 1 amide bonds. The Morgan fingerprint density at radius 1 is 1.21 bits per heavy atom. The number of carbonyl (C=O) groups is 2. The maximum Gasteiger partial charge on any atom is 0.303 e. The van der Waals surface area contributed by atoms with Gasteiger partial charge < -0.3 is 14.9 Å². The first kappa shape index (κ1) is 17.5. The molecule has 2 aromatic rings. The summed E-state index contributed by atoms with van der Waals surface area (Å²) in [6.07, 6.45) is 3.94. The van der Waals surface area contributed by atoms with Gasteiger partial charge in [-0.25, -0.2) is 9.97 Å². The summed E-state index contributed by atoms with van der Waals surface area (Å²) in [7, 11) is 0. The summed E-state index contributed by atoms with van der Waals surface area (Å²) in [6.45, 7) is 3.57. The van der Waals surface area contributed by atoms with Crippen molar-refractivity contribution < 1.29 is 19.2 Å². The molecule has 0 saturated carbocycles. The summed E-state index contributed by atoms with van der Waals surface area (Å²) in [4.78, 5) is 34.8. The molecule has 0 unspecified atom stereocenters. The largest absolute Gasteiger partial charge is 0.481 e. The second kappa shape index (κ2) is 7.62. The van der Waals surface area contributed by atoms with Crippen LogP contribution in [0.15, 0.2) is 23.0 Å². The number of rotatable bonds is 8. The Morgan fingerprint density at radius 3 is 2.58 bits per heavy atom. The fraction of sp³-hybridized carbons (Fsp3) is 0.467. The van der Waals surface area contributed by atoms with E-state index in [1.54, 1.807) is 32.3 Å². The molecule has 0 bridgehead atoms. The van der Waals surface area contributed by atoms with Gasteiger partial charge in [0, 0.05) is 37.2 Å². The third-order valence-corrected chi connectivity index (χ3v) is 3.24. The molecule has 0 radical (unpaired) electrons. The molecule has 24 heavy (non-hydrogen) atoms. The smallest absolute Gasteiger partial charge is 0.303 e. The van der Waals surface area contributed by atoms with Gasteiger partial charge in [-0.1, -0.05) is 5.16 Å². The SMILES string of the molecule is CC(C)(CCC(=O)O)NC(=O)CCc1nc(-c2ncccn2)no1. The number of hydrogen-bond donors (Lipinski definition) is 2. The summed E-state index contributed by atoms with van der Waals surface area (Å²) in [5.74, 6) is -0.157. The standard InChI is InChI=1S/C15H19N5O4/c1-15(2,7-6-12(22)23)19-10(21)4-5-11-18-14(20-24-11)13-16-8-3-9-17-13/h3,8-9H,4-7H2,1-2H3,(H,19,21)(H,22,23). The van der Waals surface area contributed by atoms with Crippen LogP contribution in [0.1, 0.15) is 39.0 Å². The predicted octanol–water partition coefficient (Wildman–Crippen LogP) is 1.22. The van der Waals surface area contributed by atoms with Crippen LogP contribution in [0.25, 0.3) is 11.6 Å². The first-order valence-electron chi connectivity index (χ1n) is 7.48. The highest BCUT2D eigenvalue weighted by Crippen LogP contribution is 2.13. The minimum atomic E-state index is -0.890. The average Bonchev–Trinajstić information content (AvgIpc) is 3.01. The molecule has 9 heteroatoms. The number of carboxylic acids is 1. The van der Waals surface area contributed by atoms with Gasteiger partial charge in [0.1, 0.15) is 0 Å². The summed E-state index contributed by atoms with van der Waals surface area (Å²) in [6, 6.07) is 1.68. The van der Waals surface area contributed by atoms with Crippen molar-refractivity contribution in [2.24, 2.45) is 0 Å². The molecule has 0 spiro atoms. The van der Waals surface area contributed by atoms with Gasteiger partial charge in [-0.3, -0.25) is 9.59 Å². The van der Waals surface area contributed by atoms with Crippen molar-refractivity contribution in [2.45, 2.75) is 45.1 Å². The molecule has 2 heterocycles. The number of carboxylic acid groups (broad SMARTS) is 1. The lowest BCUT2D eigenvalue weighted by atomic mass is 9.98. The van der Waals surface area contributed by atoms with Crippen molar-refractivity contribution >= 4 is 11.9 Å². The van der Waals surface area contributed by atoms with Crippen molar-refractivity contribution in [2.75, 3.05) is 0 Å². The van der Waals surface area contributed by atoms with Crippen LogP contribution in [0.5, 0.6) is 0 Å². The summed E-state index contributed by atoms with van der Waals surface area (Å²) < 4.78 is 5.08. The van der Waals surface area contributed by atoms with Gasteiger partial charge in [0.2, 0.25) is 23.4 Å². The Kier molecular flexibility index (Phi) is 5.56. The zero-order chi connectivity index (χ0) is 17.6. The highest BCUT2D eigenvalue weighted by molar-refractivity contribution is 5.77. The van der Waals surface area contributed by atoms with E-state index in [2.05, 4.69) is 25.4 Å². The van der Waals surface area contributed by atoms with Crippen molar-refractivity contribution in [3.05, 3.63) is 24.4 Å². The molecule has 2 aromatic heterocycles. The molecule has 2 N–H and O–H groups in total. The number of carbonyl (C=O) groups excluding carboxylic acids is 1. The maximum atomic E-state index is 12.0. The highest BCUT2D eigenvalue weighted by atomic mass is 16.5. The molecule has 0 aromatic carbocycles. The average molecular weight is 333 g/mol. The number of nitrogens with one attached hydrogen (secondary N) is 1. The Balaban J connectivity index is 1.84. The number of nitrogens with zero attached hydrogens (tertiary/aromatic N) is 4. The van der Waals surface area contributed by atoms with E-state index >= 15 is 0 Å². The lowest BCUT2D eigenvalue weighted by Gasteiger charge is -2.25. The van der Waals surface area contributed by atoms with Crippen LogP contribution in [0.2, 0.25) is 0 Å². The number of aryl methyl sites for hydroxylation is 1. The van der Waals surface area contributed by atoms with Crippen molar-refractivity contribution in [1.29, 1.82) is 0 Å². The molecule has 0 aliphatic carbocycles. The van der Waals surface area contributed by atoms with E-state index in [9.17, 15) is 9.59 Å². The summed E-state index contributed by atoms with van der Waals surface area (Å²) in [5, 5.41) is 15.3. The molecule has 9 nitrogen and oxygen atoms in total. The van der Waals surface area contributed by atoms with E-state index in [4.69, 9.17) is 9.63 Å². The Labute approximate surface area is 138 Å². The fourth-order valence-corrected chi connectivity index (χ4v) is 2.00. The van der Waals surface area contributed by atoms with Gasteiger partial charge in [0.25, 0.3) is 0 Å². The maximum absolute atomic E-state index is 12.0. The molecule has 0 saturated heterocycles. The van der Waals surface area contributed by atoms with E-state index in [0.29, 0.717) is 18.1 Å². The number of aromatic nitrogens is 4.